The number of imidazole rings is 1. The van der Waals surface area contributed by atoms with Crippen LogP contribution in [0.1, 0.15) is 42.7 Å². The van der Waals surface area contributed by atoms with E-state index in [0.29, 0.717) is 0 Å². The fourth-order valence-corrected chi connectivity index (χ4v) is 2.76. The molecule has 0 aliphatic carbocycles. The van der Waals surface area contributed by atoms with E-state index in [0.717, 1.165) is 6.42 Å². The van der Waals surface area contributed by atoms with E-state index < -0.39 is 0 Å². The fourth-order valence-electron chi connectivity index (χ4n) is 2.76. The molecule has 0 radical (unpaired) electrons. The SMILES string of the molecule is CCCc1cc(-[n+]2cc(C)n(C)c2)cc(C)c1CC. The molecule has 19 heavy (non-hydrogen) atoms. The molecule has 0 N–H and O–H groups in total. The average molecular weight is 257 g/mol. The second kappa shape index (κ2) is 5.60. The summed E-state index contributed by atoms with van der Waals surface area (Å²) >= 11 is 0. The van der Waals surface area contributed by atoms with Gasteiger partial charge in [-0.15, -0.1) is 0 Å². The lowest BCUT2D eigenvalue weighted by molar-refractivity contribution is -0.595. The Morgan fingerprint density at radius 1 is 1.16 bits per heavy atom. The second-order valence-corrected chi connectivity index (χ2v) is 5.41. The van der Waals surface area contributed by atoms with Crippen LogP contribution in [-0.4, -0.2) is 4.57 Å². The molecule has 1 heterocycles. The number of aryl methyl sites for hydroxylation is 4. The number of nitrogens with zero attached hydrogens (tertiary/aromatic N) is 2. The summed E-state index contributed by atoms with van der Waals surface area (Å²) in [5.41, 5.74) is 7.00. The summed E-state index contributed by atoms with van der Waals surface area (Å²) in [5.74, 6) is 0. The van der Waals surface area contributed by atoms with Gasteiger partial charge in [-0.3, -0.25) is 0 Å². The van der Waals surface area contributed by atoms with Gasteiger partial charge in [0.25, 0.3) is 0 Å². The molecule has 0 saturated heterocycles. The summed E-state index contributed by atoms with van der Waals surface area (Å²) in [6, 6.07) is 4.66. The first-order valence-electron chi connectivity index (χ1n) is 7.23. The Balaban J connectivity index is 2.52. The Bertz CT molecular complexity index is 560. The van der Waals surface area contributed by atoms with Crippen molar-refractivity contribution < 1.29 is 4.57 Å². The molecule has 2 nitrogen and oxygen atoms in total. The van der Waals surface area contributed by atoms with E-state index >= 15 is 0 Å². The van der Waals surface area contributed by atoms with E-state index in [2.05, 4.69) is 68.5 Å². The number of hydrogen-bond donors (Lipinski definition) is 0. The first-order valence-corrected chi connectivity index (χ1v) is 7.23. The van der Waals surface area contributed by atoms with Gasteiger partial charge in [-0.2, -0.15) is 0 Å². The molecule has 102 valence electrons. The molecule has 0 fully saturated rings. The largest absolute Gasteiger partial charge is 0.248 e. The summed E-state index contributed by atoms with van der Waals surface area (Å²) in [4.78, 5) is 0. The maximum absolute atomic E-state index is 2.36. The number of rotatable bonds is 4. The third kappa shape index (κ3) is 2.73. The van der Waals surface area contributed by atoms with Crippen LogP contribution in [0.15, 0.2) is 24.7 Å². The molecule has 1 aromatic heterocycles. The summed E-state index contributed by atoms with van der Waals surface area (Å²) in [6.45, 7) is 8.87. The zero-order valence-electron chi connectivity index (χ0n) is 12.8. The standard InChI is InChI=1S/C17H25N2/c1-6-8-15-10-16(9-13(3)17(15)7-2)19-11-14(4)18(5)12-19/h9-12H,6-8H2,1-5H3/q+1. The van der Waals surface area contributed by atoms with Crippen LogP contribution in [0.3, 0.4) is 0 Å². The van der Waals surface area contributed by atoms with E-state index in [9.17, 15) is 0 Å². The third-order valence-corrected chi connectivity index (χ3v) is 3.90. The maximum atomic E-state index is 2.36. The summed E-state index contributed by atoms with van der Waals surface area (Å²) in [7, 11) is 2.09. The van der Waals surface area contributed by atoms with Gasteiger partial charge in [0.2, 0.25) is 6.33 Å². The summed E-state index contributed by atoms with van der Waals surface area (Å²) in [5, 5.41) is 0. The molecule has 0 spiro atoms. The summed E-state index contributed by atoms with van der Waals surface area (Å²) < 4.78 is 4.38. The van der Waals surface area contributed by atoms with E-state index in [-0.39, 0.29) is 0 Å². The number of aromatic nitrogens is 2. The molecular weight excluding hydrogens is 232 g/mol. The van der Waals surface area contributed by atoms with Crippen molar-refractivity contribution in [3.05, 3.63) is 47.0 Å². The van der Waals surface area contributed by atoms with Gasteiger partial charge in [0.1, 0.15) is 17.6 Å². The zero-order chi connectivity index (χ0) is 14.0. The molecule has 2 heteroatoms. The Labute approximate surface area is 116 Å². The van der Waals surface area contributed by atoms with Crippen LogP contribution in [0.5, 0.6) is 0 Å². The van der Waals surface area contributed by atoms with Crippen molar-refractivity contribution in [2.24, 2.45) is 7.05 Å². The van der Waals surface area contributed by atoms with Gasteiger partial charge in [0.15, 0.2) is 0 Å². The molecule has 0 aliphatic heterocycles. The van der Waals surface area contributed by atoms with E-state index in [1.54, 1.807) is 0 Å². The molecular formula is C17H25N2+. The van der Waals surface area contributed by atoms with Crippen molar-refractivity contribution in [3.63, 3.8) is 0 Å². The zero-order valence-corrected chi connectivity index (χ0v) is 12.8. The van der Waals surface area contributed by atoms with Crippen LogP contribution < -0.4 is 4.57 Å². The smallest absolute Gasteiger partial charge is 0.237 e. The number of benzene rings is 1. The Kier molecular flexibility index (Phi) is 4.08. The lowest BCUT2D eigenvalue weighted by Crippen LogP contribution is -2.28. The molecule has 0 bridgehead atoms. The van der Waals surface area contributed by atoms with Gasteiger partial charge in [-0.05, 0) is 48.6 Å². The van der Waals surface area contributed by atoms with E-state index in [1.165, 1.54) is 40.9 Å². The van der Waals surface area contributed by atoms with Gasteiger partial charge in [0.05, 0.1) is 7.05 Å². The minimum absolute atomic E-state index is 1.12. The molecule has 0 unspecified atom stereocenters. The fraction of sp³-hybridized carbons (Fsp3) is 0.471. The molecule has 0 saturated carbocycles. The Morgan fingerprint density at radius 3 is 2.42 bits per heavy atom. The number of hydrogen-bond acceptors (Lipinski definition) is 0. The van der Waals surface area contributed by atoms with Gasteiger partial charge < -0.3 is 0 Å². The highest BCUT2D eigenvalue weighted by Gasteiger charge is 2.12. The highest BCUT2D eigenvalue weighted by atomic mass is 15.1. The topological polar surface area (TPSA) is 8.81 Å². The summed E-state index contributed by atoms with van der Waals surface area (Å²) in [6.07, 6.45) is 7.83. The maximum Gasteiger partial charge on any atom is 0.248 e. The van der Waals surface area contributed by atoms with Crippen LogP contribution in [0, 0.1) is 13.8 Å². The average Bonchev–Trinajstić information content (AvgIpc) is 2.70. The second-order valence-electron chi connectivity index (χ2n) is 5.41. The van der Waals surface area contributed by atoms with Crippen molar-refractivity contribution in [2.75, 3.05) is 0 Å². The van der Waals surface area contributed by atoms with Crippen molar-refractivity contribution in [2.45, 2.75) is 47.0 Å². The van der Waals surface area contributed by atoms with Crippen molar-refractivity contribution in [3.8, 4) is 5.69 Å². The predicted molar refractivity (Wildman–Crippen MR) is 79.8 cm³/mol. The van der Waals surface area contributed by atoms with Gasteiger partial charge >= 0.3 is 0 Å². The van der Waals surface area contributed by atoms with Crippen molar-refractivity contribution in [1.82, 2.24) is 4.57 Å². The van der Waals surface area contributed by atoms with Crippen LogP contribution in [0.4, 0.5) is 0 Å². The van der Waals surface area contributed by atoms with Crippen LogP contribution in [-0.2, 0) is 19.9 Å². The van der Waals surface area contributed by atoms with Crippen LogP contribution >= 0.6 is 0 Å². The lowest BCUT2D eigenvalue weighted by atomic mass is 9.96. The molecule has 1 aromatic carbocycles. The Morgan fingerprint density at radius 2 is 1.89 bits per heavy atom. The van der Waals surface area contributed by atoms with Gasteiger partial charge in [-0.1, -0.05) is 20.3 Å². The molecule has 0 atom stereocenters. The van der Waals surface area contributed by atoms with E-state index in [4.69, 9.17) is 0 Å². The van der Waals surface area contributed by atoms with Crippen molar-refractivity contribution >= 4 is 0 Å². The van der Waals surface area contributed by atoms with E-state index in [1.807, 2.05) is 0 Å². The molecule has 0 amide bonds. The first kappa shape index (κ1) is 13.9. The third-order valence-electron chi connectivity index (χ3n) is 3.90. The normalized spacial score (nSPS) is 11.0. The van der Waals surface area contributed by atoms with Gasteiger partial charge in [0, 0.05) is 6.92 Å². The monoisotopic (exact) mass is 257 g/mol. The Hall–Kier alpha value is -1.57. The minimum atomic E-state index is 1.12. The quantitative estimate of drug-likeness (QED) is 0.742. The highest BCUT2D eigenvalue weighted by Crippen LogP contribution is 2.20. The lowest BCUT2D eigenvalue weighted by Gasteiger charge is -2.12. The molecule has 2 aromatic rings. The van der Waals surface area contributed by atoms with Crippen LogP contribution in [0.2, 0.25) is 0 Å². The molecule has 2 rings (SSSR count). The van der Waals surface area contributed by atoms with Crippen molar-refractivity contribution in [1.29, 1.82) is 0 Å². The first-order chi connectivity index (χ1) is 9.06. The predicted octanol–water partition coefficient (Wildman–Crippen LogP) is 3.43. The highest BCUT2D eigenvalue weighted by molar-refractivity contribution is 5.42. The van der Waals surface area contributed by atoms with Crippen LogP contribution in [0.25, 0.3) is 5.69 Å². The minimum Gasteiger partial charge on any atom is -0.237 e. The molecule has 0 aliphatic rings. The van der Waals surface area contributed by atoms with Gasteiger partial charge in [-0.25, -0.2) is 9.13 Å².